The molecule has 2 aliphatic rings. The lowest BCUT2D eigenvalue weighted by molar-refractivity contribution is -0.150. The molecule has 0 aliphatic carbocycles. The van der Waals surface area contributed by atoms with Crippen molar-refractivity contribution in [3.05, 3.63) is 47.2 Å². The number of thioether (sulfide) groups is 1. The molecule has 24 heavy (non-hydrogen) atoms. The van der Waals surface area contributed by atoms with Crippen LogP contribution in [-0.2, 0) is 14.3 Å². The SMILES string of the molecule is COC(=O)C1=C(CI)CS[C@H]2C(NC(=O)c3ccccc3)C(=O)N12. The van der Waals surface area contributed by atoms with Gasteiger partial charge in [-0.1, -0.05) is 40.8 Å². The van der Waals surface area contributed by atoms with Gasteiger partial charge >= 0.3 is 5.97 Å². The first-order valence-electron chi connectivity index (χ1n) is 7.25. The minimum Gasteiger partial charge on any atom is -0.464 e. The van der Waals surface area contributed by atoms with E-state index < -0.39 is 12.0 Å². The van der Waals surface area contributed by atoms with E-state index in [4.69, 9.17) is 4.74 Å². The summed E-state index contributed by atoms with van der Waals surface area (Å²) in [4.78, 5) is 38.3. The fourth-order valence-electron chi connectivity index (χ4n) is 2.69. The number of esters is 1. The number of halogens is 1. The van der Waals surface area contributed by atoms with Gasteiger partial charge in [0.05, 0.1) is 7.11 Å². The molecule has 2 heterocycles. The zero-order valence-corrected chi connectivity index (χ0v) is 15.8. The van der Waals surface area contributed by atoms with Gasteiger partial charge in [-0.15, -0.1) is 11.8 Å². The van der Waals surface area contributed by atoms with E-state index in [1.54, 1.807) is 36.0 Å². The minimum absolute atomic E-state index is 0.272. The van der Waals surface area contributed by atoms with Crippen LogP contribution in [0.3, 0.4) is 0 Å². The largest absolute Gasteiger partial charge is 0.464 e. The van der Waals surface area contributed by atoms with E-state index >= 15 is 0 Å². The third kappa shape index (κ3) is 2.92. The van der Waals surface area contributed by atoms with Gasteiger partial charge < -0.3 is 10.1 Å². The highest BCUT2D eigenvalue weighted by Gasteiger charge is 2.54. The second-order valence-electron chi connectivity index (χ2n) is 5.30. The number of nitrogens with zero attached hydrogens (tertiary/aromatic N) is 1. The van der Waals surface area contributed by atoms with Crippen LogP contribution in [-0.4, -0.2) is 51.4 Å². The Morgan fingerprint density at radius 2 is 2.08 bits per heavy atom. The van der Waals surface area contributed by atoms with E-state index in [2.05, 4.69) is 27.9 Å². The Bertz CT molecular complexity index is 722. The summed E-state index contributed by atoms with van der Waals surface area (Å²) in [6.45, 7) is 0. The predicted octanol–water partition coefficient (Wildman–Crippen LogP) is 1.56. The van der Waals surface area contributed by atoms with Crippen molar-refractivity contribution >= 4 is 52.1 Å². The van der Waals surface area contributed by atoms with Gasteiger partial charge in [0.1, 0.15) is 17.1 Å². The number of fused-ring (bicyclic) bond motifs is 1. The average molecular weight is 458 g/mol. The van der Waals surface area contributed by atoms with E-state index in [1.807, 2.05) is 6.07 Å². The molecule has 2 aliphatic heterocycles. The average Bonchev–Trinajstić information content (AvgIpc) is 2.64. The van der Waals surface area contributed by atoms with E-state index in [0.29, 0.717) is 21.4 Å². The zero-order chi connectivity index (χ0) is 17.3. The number of amides is 2. The van der Waals surface area contributed by atoms with Crippen LogP contribution in [0.15, 0.2) is 41.6 Å². The van der Waals surface area contributed by atoms with Gasteiger partial charge in [0.25, 0.3) is 11.8 Å². The molecule has 0 spiro atoms. The molecule has 126 valence electrons. The summed E-state index contributed by atoms with van der Waals surface area (Å²) in [6.07, 6.45) is 0. The third-order valence-corrected chi connectivity index (χ3v) is 6.17. The van der Waals surface area contributed by atoms with Crippen molar-refractivity contribution in [3.63, 3.8) is 0 Å². The lowest BCUT2D eigenvalue weighted by Crippen LogP contribution is -2.70. The molecule has 1 N–H and O–H groups in total. The molecule has 0 radical (unpaired) electrons. The quantitative estimate of drug-likeness (QED) is 0.321. The highest BCUT2D eigenvalue weighted by atomic mass is 127. The topological polar surface area (TPSA) is 75.7 Å². The fourth-order valence-corrected chi connectivity index (χ4v) is 5.03. The Labute approximate surface area is 157 Å². The van der Waals surface area contributed by atoms with Gasteiger partial charge in [0.15, 0.2) is 0 Å². The van der Waals surface area contributed by atoms with Crippen molar-refractivity contribution in [2.75, 3.05) is 17.3 Å². The molecule has 1 saturated heterocycles. The number of rotatable bonds is 4. The van der Waals surface area contributed by atoms with Crippen molar-refractivity contribution in [1.29, 1.82) is 0 Å². The lowest BCUT2D eigenvalue weighted by Gasteiger charge is -2.49. The van der Waals surface area contributed by atoms with Crippen LogP contribution >= 0.6 is 34.4 Å². The molecule has 8 heteroatoms. The monoisotopic (exact) mass is 458 g/mol. The Morgan fingerprint density at radius 3 is 2.71 bits per heavy atom. The fraction of sp³-hybridized carbons (Fsp3) is 0.312. The first-order valence-corrected chi connectivity index (χ1v) is 9.82. The molecule has 1 fully saturated rings. The second-order valence-corrected chi connectivity index (χ2v) is 7.17. The smallest absolute Gasteiger partial charge is 0.354 e. The lowest BCUT2D eigenvalue weighted by atomic mass is 10.0. The Balaban J connectivity index is 1.78. The standard InChI is InChI=1S/C16H15IN2O4S/c1-23-16(22)12-10(7-17)8-24-15-11(14(21)19(12)15)18-13(20)9-5-3-2-4-6-9/h2-6,11,15H,7-8H2,1H3,(H,18,20)/t11?,15-/m0/s1. The summed E-state index contributed by atoms with van der Waals surface area (Å²) in [6, 6.07) is 8.12. The number of carbonyl (C=O) groups is 3. The minimum atomic E-state index is -0.627. The van der Waals surface area contributed by atoms with Crippen molar-refractivity contribution in [3.8, 4) is 0 Å². The predicted molar refractivity (Wildman–Crippen MR) is 98.7 cm³/mol. The number of methoxy groups -OCH3 is 1. The molecule has 0 saturated carbocycles. The zero-order valence-electron chi connectivity index (χ0n) is 12.8. The van der Waals surface area contributed by atoms with E-state index in [0.717, 1.165) is 5.57 Å². The van der Waals surface area contributed by atoms with Crippen molar-refractivity contribution in [2.24, 2.45) is 0 Å². The third-order valence-electron chi connectivity index (χ3n) is 3.91. The molecule has 1 unspecified atom stereocenters. The summed E-state index contributed by atoms with van der Waals surface area (Å²) < 4.78 is 5.46. The normalized spacial score (nSPS) is 22.6. The van der Waals surface area contributed by atoms with E-state index in [9.17, 15) is 14.4 Å². The summed E-state index contributed by atoms with van der Waals surface area (Å²) in [5, 5.41) is 2.49. The van der Waals surface area contributed by atoms with Crippen LogP contribution in [0.4, 0.5) is 0 Å². The van der Waals surface area contributed by atoms with Gasteiger partial charge in [0, 0.05) is 15.7 Å². The van der Waals surface area contributed by atoms with Crippen LogP contribution in [0.2, 0.25) is 0 Å². The van der Waals surface area contributed by atoms with Crippen molar-refractivity contribution in [2.45, 2.75) is 11.4 Å². The number of alkyl halides is 1. The molecule has 1 aromatic rings. The van der Waals surface area contributed by atoms with Crippen molar-refractivity contribution in [1.82, 2.24) is 10.2 Å². The van der Waals surface area contributed by atoms with Gasteiger partial charge in [0.2, 0.25) is 0 Å². The molecule has 1 aromatic carbocycles. The Morgan fingerprint density at radius 1 is 1.38 bits per heavy atom. The maximum absolute atomic E-state index is 12.5. The van der Waals surface area contributed by atoms with E-state index in [-0.39, 0.29) is 17.2 Å². The molecule has 3 rings (SSSR count). The molecule has 2 amide bonds. The summed E-state index contributed by atoms with van der Waals surface area (Å²) >= 11 is 3.71. The maximum atomic E-state index is 12.5. The second kappa shape index (κ2) is 7.14. The maximum Gasteiger partial charge on any atom is 0.354 e. The number of nitrogens with one attached hydrogen (secondary N) is 1. The van der Waals surface area contributed by atoms with Crippen LogP contribution in [0.25, 0.3) is 0 Å². The Kier molecular flexibility index (Phi) is 5.14. The van der Waals surface area contributed by atoms with Gasteiger partial charge in [-0.2, -0.15) is 0 Å². The number of benzene rings is 1. The number of β-lactam (4-membered cyclic amide) rings is 1. The highest BCUT2D eigenvalue weighted by Crippen LogP contribution is 2.41. The van der Waals surface area contributed by atoms with Crippen LogP contribution in [0, 0.1) is 0 Å². The number of hydrogen-bond donors (Lipinski definition) is 1. The molecule has 0 aromatic heterocycles. The van der Waals surface area contributed by atoms with Gasteiger partial charge in [-0.3, -0.25) is 14.5 Å². The summed E-state index contributed by atoms with van der Waals surface area (Å²) in [7, 11) is 1.30. The van der Waals surface area contributed by atoms with E-state index in [1.165, 1.54) is 12.0 Å². The highest BCUT2D eigenvalue weighted by molar-refractivity contribution is 14.1. The van der Waals surface area contributed by atoms with Gasteiger partial charge in [-0.25, -0.2) is 4.79 Å². The first kappa shape index (κ1) is 17.3. The van der Waals surface area contributed by atoms with Gasteiger partial charge in [-0.05, 0) is 17.7 Å². The van der Waals surface area contributed by atoms with Crippen LogP contribution < -0.4 is 5.32 Å². The first-order chi connectivity index (χ1) is 11.6. The Hall–Kier alpha value is -1.55. The number of hydrogen-bond acceptors (Lipinski definition) is 5. The van der Waals surface area contributed by atoms with Crippen LogP contribution in [0.1, 0.15) is 10.4 Å². The molecular formula is C16H15IN2O4S. The number of carbonyl (C=O) groups excluding carboxylic acids is 3. The molecule has 2 atom stereocenters. The summed E-state index contributed by atoms with van der Waals surface area (Å²) in [5.41, 5.74) is 1.71. The molecule has 0 bridgehead atoms. The molecule has 6 nitrogen and oxygen atoms in total. The summed E-state index contributed by atoms with van der Waals surface area (Å²) in [5.74, 6) is -0.440. The van der Waals surface area contributed by atoms with Crippen molar-refractivity contribution < 1.29 is 19.1 Å². The number of ether oxygens (including phenoxy) is 1. The molecular weight excluding hydrogens is 443 g/mol. The van der Waals surface area contributed by atoms with Crippen LogP contribution in [0.5, 0.6) is 0 Å².